The van der Waals surface area contributed by atoms with Crippen LogP contribution in [0.3, 0.4) is 0 Å². The van der Waals surface area contributed by atoms with Crippen LogP contribution in [0.4, 0.5) is 0 Å². The molecule has 3 unspecified atom stereocenters. The minimum atomic E-state index is -0.0900. The normalized spacial score (nSPS) is 27.4. The molecule has 1 aliphatic carbocycles. The van der Waals surface area contributed by atoms with Gasteiger partial charge in [0.2, 0.25) is 0 Å². The summed E-state index contributed by atoms with van der Waals surface area (Å²) in [6.07, 6.45) is 5.82. The highest BCUT2D eigenvalue weighted by Gasteiger charge is 2.40. The average Bonchev–Trinajstić information content (AvgIpc) is 3.21. The summed E-state index contributed by atoms with van der Waals surface area (Å²) in [6.45, 7) is 1.09. The predicted octanol–water partition coefficient (Wildman–Crippen LogP) is 2.03. The molecule has 1 amide bonds. The molecular weight excluding hydrogens is 286 g/mol. The summed E-state index contributed by atoms with van der Waals surface area (Å²) in [6, 6.07) is 4.33. The van der Waals surface area contributed by atoms with Gasteiger partial charge in [0, 0.05) is 17.5 Å². The smallest absolute Gasteiger partial charge is 0.270 e. The van der Waals surface area contributed by atoms with E-state index in [9.17, 15) is 4.79 Å². The van der Waals surface area contributed by atoms with Gasteiger partial charge in [-0.05, 0) is 43.7 Å². The first-order chi connectivity index (χ1) is 10.2. The van der Waals surface area contributed by atoms with E-state index in [1.807, 2.05) is 12.3 Å². The van der Waals surface area contributed by atoms with Gasteiger partial charge in [0.15, 0.2) is 5.58 Å². The van der Waals surface area contributed by atoms with E-state index in [1.54, 1.807) is 12.3 Å². The van der Waals surface area contributed by atoms with E-state index in [2.05, 4.69) is 15.6 Å². The maximum absolute atomic E-state index is 12.5. The molecule has 1 aliphatic heterocycles. The molecule has 21 heavy (non-hydrogen) atoms. The summed E-state index contributed by atoms with van der Waals surface area (Å²) in [4.78, 5) is 16.9. The Kier molecular flexibility index (Phi) is 3.15. The van der Waals surface area contributed by atoms with E-state index in [-0.39, 0.29) is 11.9 Å². The van der Waals surface area contributed by atoms with Crippen LogP contribution >= 0.6 is 11.8 Å². The standard InChI is InChI=1S/C15H17N3O2S/c1-21-15-13-9(2-3-20-13)6-12(18-15)14(19)17-11-5-8-4-10(11)16-7-8/h2-3,6,8,10-11,16H,4-5,7H2,1H3,(H,17,19). The zero-order valence-corrected chi connectivity index (χ0v) is 12.6. The molecule has 1 saturated carbocycles. The lowest BCUT2D eigenvalue weighted by molar-refractivity contribution is 0.0923. The van der Waals surface area contributed by atoms with Crippen LogP contribution in [-0.4, -0.2) is 35.8 Å². The van der Waals surface area contributed by atoms with Crippen molar-refractivity contribution in [2.75, 3.05) is 12.8 Å². The van der Waals surface area contributed by atoms with Gasteiger partial charge in [-0.2, -0.15) is 0 Å². The Morgan fingerprint density at radius 2 is 2.43 bits per heavy atom. The minimum absolute atomic E-state index is 0.0900. The number of carbonyl (C=O) groups excluding carboxylic acids is 1. The second-order valence-corrected chi connectivity index (χ2v) is 6.58. The van der Waals surface area contributed by atoms with Crippen molar-refractivity contribution in [3.63, 3.8) is 0 Å². The van der Waals surface area contributed by atoms with Crippen molar-refractivity contribution in [1.82, 2.24) is 15.6 Å². The molecular formula is C15H17N3O2S. The van der Waals surface area contributed by atoms with Crippen molar-refractivity contribution < 1.29 is 9.21 Å². The van der Waals surface area contributed by atoms with Gasteiger partial charge in [-0.25, -0.2) is 4.98 Å². The SMILES string of the molecule is CSc1nc(C(=O)NC2CC3CNC2C3)cc2ccoc12. The van der Waals surface area contributed by atoms with Crippen LogP contribution in [0.15, 0.2) is 27.8 Å². The fourth-order valence-corrected chi connectivity index (χ4v) is 4.00. The molecule has 2 aromatic rings. The Bertz CT molecular complexity index is 699. The highest BCUT2D eigenvalue weighted by atomic mass is 32.2. The molecule has 1 saturated heterocycles. The van der Waals surface area contributed by atoms with E-state index in [0.29, 0.717) is 17.7 Å². The van der Waals surface area contributed by atoms with Crippen molar-refractivity contribution >= 4 is 28.6 Å². The van der Waals surface area contributed by atoms with E-state index in [0.717, 1.165) is 29.0 Å². The lowest BCUT2D eigenvalue weighted by atomic mass is 10.1. The van der Waals surface area contributed by atoms with Crippen molar-refractivity contribution in [3.05, 3.63) is 24.1 Å². The number of furan rings is 1. The number of piperidine rings is 1. The van der Waals surface area contributed by atoms with E-state index < -0.39 is 0 Å². The Balaban J connectivity index is 1.59. The first-order valence-electron chi connectivity index (χ1n) is 7.21. The van der Waals surface area contributed by atoms with Crippen molar-refractivity contribution in [2.24, 2.45) is 5.92 Å². The fourth-order valence-electron chi connectivity index (χ4n) is 3.46. The predicted molar refractivity (Wildman–Crippen MR) is 81.6 cm³/mol. The largest absolute Gasteiger partial charge is 0.461 e. The molecule has 2 aromatic heterocycles. The number of pyridine rings is 1. The van der Waals surface area contributed by atoms with Gasteiger partial charge in [0.05, 0.1) is 6.26 Å². The van der Waals surface area contributed by atoms with Gasteiger partial charge in [-0.15, -0.1) is 11.8 Å². The van der Waals surface area contributed by atoms with Gasteiger partial charge < -0.3 is 15.1 Å². The molecule has 0 spiro atoms. The van der Waals surface area contributed by atoms with Crippen molar-refractivity contribution in [2.45, 2.75) is 30.0 Å². The van der Waals surface area contributed by atoms with Crippen LogP contribution in [0.25, 0.3) is 11.0 Å². The van der Waals surface area contributed by atoms with Crippen LogP contribution in [0, 0.1) is 5.92 Å². The second kappa shape index (κ2) is 5.03. The molecule has 3 heterocycles. The number of carbonyl (C=O) groups is 1. The topological polar surface area (TPSA) is 67.2 Å². The summed E-state index contributed by atoms with van der Waals surface area (Å²) in [7, 11) is 0. The van der Waals surface area contributed by atoms with Crippen LogP contribution < -0.4 is 10.6 Å². The quantitative estimate of drug-likeness (QED) is 0.849. The lowest BCUT2D eigenvalue weighted by Crippen LogP contribution is -2.48. The summed E-state index contributed by atoms with van der Waals surface area (Å²) in [5, 5.41) is 8.27. The number of hydrogen-bond acceptors (Lipinski definition) is 5. The average molecular weight is 303 g/mol. The zero-order chi connectivity index (χ0) is 14.4. The van der Waals surface area contributed by atoms with Crippen LogP contribution in [-0.2, 0) is 0 Å². The number of rotatable bonds is 3. The molecule has 2 aliphatic rings. The Hall–Kier alpha value is -1.53. The fraction of sp³-hybridized carbons (Fsp3) is 0.467. The molecule has 2 fully saturated rings. The van der Waals surface area contributed by atoms with Crippen molar-refractivity contribution in [1.29, 1.82) is 0 Å². The van der Waals surface area contributed by atoms with Crippen molar-refractivity contribution in [3.8, 4) is 0 Å². The van der Waals surface area contributed by atoms with Gasteiger partial charge in [0.25, 0.3) is 5.91 Å². The summed E-state index contributed by atoms with van der Waals surface area (Å²) < 4.78 is 5.42. The molecule has 2 bridgehead atoms. The maximum Gasteiger partial charge on any atom is 0.270 e. The molecule has 0 radical (unpaired) electrons. The van der Waals surface area contributed by atoms with E-state index in [4.69, 9.17) is 4.42 Å². The van der Waals surface area contributed by atoms with E-state index in [1.165, 1.54) is 18.2 Å². The zero-order valence-electron chi connectivity index (χ0n) is 11.8. The summed E-state index contributed by atoms with van der Waals surface area (Å²) >= 11 is 1.49. The molecule has 110 valence electrons. The molecule has 5 nitrogen and oxygen atoms in total. The first kappa shape index (κ1) is 13.2. The van der Waals surface area contributed by atoms with Gasteiger partial charge in [-0.1, -0.05) is 0 Å². The molecule has 2 N–H and O–H groups in total. The highest BCUT2D eigenvalue weighted by molar-refractivity contribution is 7.98. The number of nitrogens with one attached hydrogen (secondary N) is 2. The van der Waals surface area contributed by atoms with E-state index >= 15 is 0 Å². The first-order valence-corrected chi connectivity index (χ1v) is 8.43. The Morgan fingerprint density at radius 3 is 3.14 bits per heavy atom. The Morgan fingerprint density at radius 1 is 1.52 bits per heavy atom. The molecule has 0 aromatic carbocycles. The lowest BCUT2D eigenvalue weighted by Gasteiger charge is -2.23. The Labute approximate surface area is 126 Å². The monoisotopic (exact) mass is 303 g/mol. The number of thioether (sulfide) groups is 1. The molecule has 6 heteroatoms. The van der Waals surface area contributed by atoms with Crippen LogP contribution in [0.1, 0.15) is 23.3 Å². The van der Waals surface area contributed by atoms with Gasteiger partial charge in [0.1, 0.15) is 10.7 Å². The summed E-state index contributed by atoms with van der Waals surface area (Å²) in [5.74, 6) is 0.624. The number of aromatic nitrogens is 1. The van der Waals surface area contributed by atoms with Gasteiger partial charge >= 0.3 is 0 Å². The third-order valence-electron chi connectivity index (χ3n) is 4.48. The minimum Gasteiger partial charge on any atom is -0.461 e. The van der Waals surface area contributed by atoms with Gasteiger partial charge in [-0.3, -0.25) is 4.79 Å². The molecule has 4 rings (SSSR count). The highest BCUT2D eigenvalue weighted by Crippen LogP contribution is 2.31. The number of amides is 1. The molecule has 3 atom stereocenters. The third-order valence-corrected chi connectivity index (χ3v) is 5.14. The number of hydrogen-bond donors (Lipinski definition) is 2. The number of nitrogens with zero attached hydrogens (tertiary/aromatic N) is 1. The number of fused-ring (bicyclic) bond motifs is 3. The maximum atomic E-state index is 12.5. The summed E-state index contributed by atoms with van der Waals surface area (Å²) in [5.41, 5.74) is 1.22. The van der Waals surface area contributed by atoms with Crippen LogP contribution in [0.2, 0.25) is 0 Å². The van der Waals surface area contributed by atoms with Crippen LogP contribution in [0.5, 0.6) is 0 Å². The second-order valence-electron chi connectivity index (χ2n) is 5.79. The third kappa shape index (κ3) is 2.22.